The van der Waals surface area contributed by atoms with Crippen LogP contribution in [-0.2, 0) is 19.4 Å². The minimum absolute atomic E-state index is 0.0368. The highest BCUT2D eigenvalue weighted by atomic mass is 32.2. The van der Waals surface area contributed by atoms with E-state index in [0.717, 1.165) is 0 Å². The van der Waals surface area contributed by atoms with Crippen molar-refractivity contribution in [2.75, 3.05) is 18.1 Å². The first-order chi connectivity index (χ1) is 7.73. The van der Waals surface area contributed by atoms with Crippen LogP contribution in [0.25, 0.3) is 0 Å². The van der Waals surface area contributed by atoms with Gasteiger partial charge in [0.05, 0.1) is 5.75 Å². The fourth-order valence-electron chi connectivity index (χ4n) is 1.08. The van der Waals surface area contributed by atoms with Gasteiger partial charge in [0.25, 0.3) is 0 Å². The molecule has 0 fully saturated rings. The Morgan fingerprint density at radius 1 is 1.29 bits per heavy atom. The van der Waals surface area contributed by atoms with E-state index >= 15 is 0 Å². The first kappa shape index (κ1) is 15.9. The van der Waals surface area contributed by atoms with Crippen molar-refractivity contribution < 1.29 is 23.1 Å². The van der Waals surface area contributed by atoms with E-state index in [4.69, 9.17) is 5.11 Å². The number of carboxylic acids is 1. The van der Waals surface area contributed by atoms with Gasteiger partial charge in [0.1, 0.15) is 5.75 Å². The smallest absolute Gasteiger partial charge is 0.303 e. The molecule has 0 saturated heterocycles. The lowest BCUT2D eigenvalue weighted by atomic mass is 10.2. The summed E-state index contributed by atoms with van der Waals surface area (Å²) in [6.07, 6.45) is -0.165. The van der Waals surface area contributed by atoms with Gasteiger partial charge in [-0.05, 0) is 12.3 Å². The van der Waals surface area contributed by atoms with Crippen LogP contribution >= 0.6 is 0 Å². The molecule has 100 valence electrons. The van der Waals surface area contributed by atoms with Crippen LogP contribution < -0.4 is 5.32 Å². The van der Waals surface area contributed by atoms with E-state index in [-0.39, 0.29) is 24.5 Å². The molecular formula is C10H19NO5S. The molecule has 0 aromatic carbocycles. The molecule has 6 nitrogen and oxygen atoms in total. The monoisotopic (exact) mass is 265 g/mol. The lowest BCUT2D eigenvalue weighted by Crippen LogP contribution is -2.33. The first-order valence-corrected chi connectivity index (χ1v) is 7.24. The van der Waals surface area contributed by atoms with E-state index in [2.05, 4.69) is 5.32 Å². The van der Waals surface area contributed by atoms with E-state index in [0.29, 0.717) is 6.54 Å². The molecule has 0 rings (SSSR count). The van der Waals surface area contributed by atoms with Crippen molar-refractivity contribution in [2.45, 2.75) is 26.7 Å². The van der Waals surface area contributed by atoms with Crippen molar-refractivity contribution in [3.8, 4) is 0 Å². The molecule has 0 saturated carbocycles. The number of rotatable bonds is 8. The summed E-state index contributed by atoms with van der Waals surface area (Å²) < 4.78 is 22.8. The van der Waals surface area contributed by atoms with Crippen LogP contribution in [0.15, 0.2) is 0 Å². The highest BCUT2D eigenvalue weighted by Gasteiger charge is 2.16. The van der Waals surface area contributed by atoms with Crippen molar-refractivity contribution in [3.05, 3.63) is 0 Å². The van der Waals surface area contributed by atoms with E-state index in [1.165, 1.54) is 0 Å². The highest BCUT2D eigenvalue weighted by Crippen LogP contribution is 1.98. The second kappa shape index (κ2) is 7.26. The summed E-state index contributed by atoms with van der Waals surface area (Å²) in [4.78, 5) is 21.5. The van der Waals surface area contributed by atoms with Crippen molar-refractivity contribution in [1.82, 2.24) is 5.32 Å². The van der Waals surface area contributed by atoms with Crippen molar-refractivity contribution in [1.29, 1.82) is 0 Å². The van der Waals surface area contributed by atoms with Gasteiger partial charge in [-0.15, -0.1) is 0 Å². The van der Waals surface area contributed by atoms with Gasteiger partial charge < -0.3 is 10.4 Å². The summed E-state index contributed by atoms with van der Waals surface area (Å²) in [5.74, 6) is -2.15. The van der Waals surface area contributed by atoms with E-state index in [1.807, 2.05) is 13.8 Å². The maximum absolute atomic E-state index is 11.4. The third-order valence-corrected chi connectivity index (χ3v) is 3.52. The summed E-state index contributed by atoms with van der Waals surface area (Å²) in [5.41, 5.74) is 0. The molecule has 0 heterocycles. The molecule has 0 radical (unpaired) electrons. The predicted octanol–water partition coefficient (Wildman–Crippen LogP) is 0.0382. The topological polar surface area (TPSA) is 101 Å². The molecule has 7 heteroatoms. The van der Waals surface area contributed by atoms with Crippen molar-refractivity contribution >= 4 is 21.7 Å². The van der Waals surface area contributed by atoms with Crippen molar-refractivity contribution in [2.24, 2.45) is 5.92 Å². The lowest BCUT2D eigenvalue weighted by molar-refractivity contribution is -0.137. The summed E-state index contributed by atoms with van der Waals surface area (Å²) in [5, 5.41) is 10.9. The van der Waals surface area contributed by atoms with E-state index < -0.39 is 27.5 Å². The molecular weight excluding hydrogens is 246 g/mol. The Morgan fingerprint density at radius 2 is 1.88 bits per heavy atom. The number of nitrogens with one attached hydrogen (secondary N) is 1. The van der Waals surface area contributed by atoms with Crippen LogP contribution in [-0.4, -0.2) is 43.5 Å². The summed E-state index contributed by atoms with van der Waals surface area (Å²) in [6, 6.07) is 0. The number of carbonyl (C=O) groups excluding carboxylic acids is 1. The quantitative estimate of drug-likeness (QED) is 0.645. The van der Waals surface area contributed by atoms with Gasteiger partial charge in [0.15, 0.2) is 9.84 Å². The Labute approximate surface area is 101 Å². The van der Waals surface area contributed by atoms with Crippen LogP contribution in [0.1, 0.15) is 26.7 Å². The van der Waals surface area contributed by atoms with Crippen molar-refractivity contribution in [3.63, 3.8) is 0 Å². The normalized spacial score (nSPS) is 11.5. The second-order valence-electron chi connectivity index (χ2n) is 4.29. The number of aliphatic carboxylic acids is 1. The van der Waals surface area contributed by atoms with E-state index in [1.54, 1.807) is 0 Å². The summed E-state index contributed by atoms with van der Waals surface area (Å²) in [7, 11) is -3.50. The second-order valence-corrected chi connectivity index (χ2v) is 6.47. The van der Waals surface area contributed by atoms with Gasteiger partial charge in [0.2, 0.25) is 5.91 Å². The Morgan fingerprint density at radius 3 is 2.35 bits per heavy atom. The average molecular weight is 265 g/mol. The molecule has 0 spiro atoms. The number of hydrogen-bond donors (Lipinski definition) is 2. The van der Waals surface area contributed by atoms with Gasteiger partial charge in [-0.25, -0.2) is 8.42 Å². The number of carbonyl (C=O) groups is 2. The maximum atomic E-state index is 11.4. The highest BCUT2D eigenvalue weighted by molar-refractivity contribution is 7.92. The van der Waals surface area contributed by atoms with Gasteiger partial charge in [-0.1, -0.05) is 13.8 Å². The number of amides is 1. The third kappa shape index (κ3) is 9.80. The Bertz CT molecular complexity index is 361. The summed E-state index contributed by atoms with van der Waals surface area (Å²) >= 11 is 0. The third-order valence-electron chi connectivity index (χ3n) is 1.90. The SMILES string of the molecule is CC(C)CNC(=O)CS(=O)(=O)CCCC(=O)O. The molecule has 1 amide bonds. The van der Waals surface area contributed by atoms with Crippen LogP contribution in [0.4, 0.5) is 0 Å². The standard InChI is InChI=1S/C10H19NO5S/c1-8(2)6-11-9(12)7-17(15,16)5-3-4-10(13)14/h8H,3-7H2,1-2H3,(H,11,12)(H,13,14). The minimum Gasteiger partial charge on any atom is -0.481 e. The lowest BCUT2D eigenvalue weighted by Gasteiger charge is -2.07. The average Bonchev–Trinajstić information content (AvgIpc) is 2.12. The summed E-state index contributed by atoms with van der Waals surface area (Å²) in [6.45, 7) is 4.24. The Hall–Kier alpha value is -1.11. The Kier molecular flexibility index (Phi) is 6.79. The van der Waals surface area contributed by atoms with Crippen LogP contribution in [0.2, 0.25) is 0 Å². The fraction of sp³-hybridized carbons (Fsp3) is 0.800. The molecule has 0 aliphatic rings. The minimum atomic E-state index is -3.50. The van der Waals surface area contributed by atoms with Crippen LogP contribution in [0.5, 0.6) is 0 Å². The molecule has 0 aromatic heterocycles. The number of carboxylic acid groups (broad SMARTS) is 1. The molecule has 0 atom stereocenters. The zero-order valence-electron chi connectivity index (χ0n) is 10.1. The molecule has 0 aromatic rings. The maximum Gasteiger partial charge on any atom is 0.303 e. The van der Waals surface area contributed by atoms with Gasteiger partial charge in [0, 0.05) is 13.0 Å². The largest absolute Gasteiger partial charge is 0.481 e. The molecule has 0 aliphatic heterocycles. The molecule has 0 aliphatic carbocycles. The number of hydrogen-bond acceptors (Lipinski definition) is 4. The van der Waals surface area contributed by atoms with Gasteiger partial charge in [-0.3, -0.25) is 9.59 Å². The first-order valence-electron chi connectivity index (χ1n) is 5.42. The zero-order valence-corrected chi connectivity index (χ0v) is 10.9. The molecule has 17 heavy (non-hydrogen) atoms. The van der Waals surface area contributed by atoms with Gasteiger partial charge >= 0.3 is 5.97 Å². The molecule has 0 bridgehead atoms. The number of sulfone groups is 1. The molecule has 0 unspecified atom stereocenters. The molecule has 2 N–H and O–H groups in total. The van der Waals surface area contributed by atoms with Crippen LogP contribution in [0.3, 0.4) is 0 Å². The fourth-order valence-corrected chi connectivity index (χ4v) is 2.31. The van der Waals surface area contributed by atoms with E-state index in [9.17, 15) is 18.0 Å². The zero-order chi connectivity index (χ0) is 13.5. The van der Waals surface area contributed by atoms with Crippen LogP contribution in [0, 0.1) is 5.92 Å². The van der Waals surface area contributed by atoms with Gasteiger partial charge in [-0.2, -0.15) is 0 Å². The predicted molar refractivity (Wildman–Crippen MR) is 63.4 cm³/mol. The Balaban J connectivity index is 3.99.